The lowest BCUT2D eigenvalue weighted by Gasteiger charge is -2.32. The summed E-state index contributed by atoms with van der Waals surface area (Å²) < 4.78 is 12.2. The third-order valence-electron chi connectivity index (χ3n) is 5.54. The maximum atomic E-state index is 12.6. The first-order valence-electron chi connectivity index (χ1n) is 9.17. The molecule has 0 amide bonds. The Labute approximate surface area is 159 Å². The molecule has 5 nitrogen and oxygen atoms in total. The van der Waals surface area contributed by atoms with Gasteiger partial charge in [-0.1, -0.05) is 18.2 Å². The number of pyridine rings is 1. The van der Waals surface area contributed by atoms with E-state index in [0.29, 0.717) is 5.69 Å². The second-order valence-corrected chi connectivity index (χ2v) is 8.04. The molecule has 4 rings (SSSR count). The highest BCUT2D eigenvalue weighted by molar-refractivity contribution is 6.62. The first-order valence-corrected chi connectivity index (χ1v) is 9.17. The fourth-order valence-electron chi connectivity index (χ4n) is 3.18. The molecule has 0 saturated carbocycles. The molecule has 0 aliphatic carbocycles. The number of aromatic amines is 1. The lowest BCUT2D eigenvalue weighted by molar-refractivity contribution is 0.00578. The molecule has 1 aliphatic heterocycles. The molecular weight excluding hydrogens is 339 g/mol. The van der Waals surface area contributed by atoms with E-state index < -0.39 is 7.12 Å². The van der Waals surface area contributed by atoms with Crippen molar-refractivity contribution >= 4 is 29.3 Å². The van der Waals surface area contributed by atoms with Crippen molar-refractivity contribution < 1.29 is 14.1 Å². The van der Waals surface area contributed by atoms with Crippen LogP contribution in [-0.4, -0.2) is 34.1 Å². The van der Waals surface area contributed by atoms with Gasteiger partial charge in [-0.25, -0.2) is 0 Å². The van der Waals surface area contributed by atoms with Crippen LogP contribution < -0.4 is 5.46 Å². The van der Waals surface area contributed by atoms with Gasteiger partial charge in [0.1, 0.15) is 0 Å². The minimum absolute atomic E-state index is 0.0158. The van der Waals surface area contributed by atoms with Gasteiger partial charge in [-0.3, -0.25) is 9.78 Å². The van der Waals surface area contributed by atoms with Crippen LogP contribution >= 0.6 is 0 Å². The Bertz CT molecular complexity index is 979. The Hall–Kier alpha value is -2.44. The molecule has 3 heterocycles. The number of aromatic nitrogens is 2. The predicted octanol–water partition coefficient (Wildman–Crippen LogP) is 3.29. The number of H-pyrrole nitrogens is 1. The highest BCUT2D eigenvalue weighted by Crippen LogP contribution is 2.36. The standard InChI is InChI=1S/C21H23BN2O3/c1-20(2)21(3,4)27-22(26-20)15-9-8-14-11-18(24-17(14)12-15)19(25)13-16-7-5-6-10-23-16/h5-12,24H,13H2,1-4H3. The Morgan fingerprint density at radius 1 is 1.07 bits per heavy atom. The van der Waals surface area contributed by atoms with Crippen molar-refractivity contribution in [2.45, 2.75) is 45.3 Å². The number of nitrogens with one attached hydrogen (secondary N) is 1. The van der Waals surface area contributed by atoms with E-state index in [1.165, 1.54) is 0 Å². The lowest BCUT2D eigenvalue weighted by atomic mass is 9.79. The van der Waals surface area contributed by atoms with Gasteiger partial charge in [0.15, 0.2) is 5.78 Å². The van der Waals surface area contributed by atoms with E-state index in [-0.39, 0.29) is 23.4 Å². The molecule has 1 fully saturated rings. The predicted molar refractivity (Wildman–Crippen MR) is 106 cm³/mol. The topological polar surface area (TPSA) is 64.2 Å². The van der Waals surface area contributed by atoms with E-state index in [1.54, 1.807) is 6.20 Å². The number of hydrogen-bond acceptors (Lipinski definition) is 4. The normalized spacial score (nSPS) is 18.1. The Balaban J connectivity index is 1.58. The minimum Gasteiger partial charge on any atom is -0.399 e. The number of Topliss-reactive ketones (excluding diaryl/α,β-unsaturated/α-hetero) is 1. The van der Waals surface area contributed by atoms with Gasteiger partial charge in [-0.2, -0.15) is 0 Å². The summed E-state index contributed by atoms with van der Waals surface area (Å²) in [6.45, 7) is 8.15. The van der Waals surface area contributed by atoms with E-state index in [0.717, 1.165) is 22.1 Å². The number of benzene rings is 1. The number of ketones is 1. The maximum Gasteiger partial charge on any atom is 0.494 e. The molecule has 138 valence electrons. The minimum atomic E-state index is -0.421. The third kappa shape index (κ3) is 3.31. The molecule has 3 aromatic rings. The van der Waals surface area contributed by atoms with E-state index in [2.05, 4.69) is 9.97 Å². The van der Waals surface area contributed by atoms with Crippen LogP contribution in [0.15, 0.2) is 48.7 Å². The van der Waals surface area contributed by atoms with Crippen LogP contribution in [0.4, 0.5) is 0 Å². The van der Waals surface area contributed by atoms with Gasteiger partial charge in [-0.05, 0) is 57.4 Å². The lowest BCUT2D eigenvalue weighted by Crippen LogP contribution is -2.41. The molecule has 2 aromatic heterocycles. The second kappa shape index (κ2) is 6.32. The number of hydrogen-bond donors (Lipinski definition) is 1. The van der Waals surface area contributed by atoms with Gasteiger partial charge in [0.25, 0.3) is 0 Å². The molecule has 0 spiro atoms. The summed E-state index contributed by atoms with van der Waals surface area (Å²) in [4.78, 5) is 20.0. The quantitative estimate of drug-likeness (QED) is 0.572. The molecule has 27 heavy (non-hydrogen) atoms. The van der Waals surface area contributed by atoms with Crippen LogP contribution in [0.1, 0.15) is 43.9 Å². The van der Waals surface area contributed by atoms with Crippen molar-refractivity contribution in [1.29, 1.82) is 0 Å². The number of carbonyl (C=O) groups is 1. The highest BCUT2D eigenvalue weighted by Gasteiger charge is 2.51. The van der Waals surface area contributed by atoms with E-state index in [9.17, 15) is 4.79 Å². The van der Waals surface area contributed by atoms with E-state index >= 15 is 0 Å². The van der Waals surface area contributed by atoms with Gasteiger partial charge in [-0.15, -0.1) is 0 Å². The zero-order valence-electron chi connectivity index (χ0n) is 16.1. The third-order valence-corrected chi connectivity index (χ3v) is 5.54. The summed E-state index contributed by atoms with van der Waals surface area (Å²) in [5.74, 6) is 0.0158. The molecule has 1 N–H and O–H groups in total. The fourth-order valence-corrected chi connectivity index (χ4v) is 3.18. The van der Waals surface area contributed by atoms with Gasteiger partial charge in [0.05, 0.1) is 23.3 Å². The van der Waals surface area contributed by atoms with Crippen LogP contribution in [0.2, 0.25) is 0 Å². The zero-order valence-corrected chi connectivity index (χ0v) is 16.1. The average molecular weight is 362 g/mol. The van der Waals surface area contributed by atoms with Crippen LogP contribution in [0, 0.1) is 0 Å². The van der Waals surface area contributed by atoms with Crippen molar-refractivity contribution in [3.05, 3.63) is 60.0 Å². The second-order valence-electron chi connectivity index (χ2n) is 8.04. The smallest absolute Gasteiger partial charge is 0.399 e. The van der Waals surface area contributed by atoms with Crippen molar-refractivity contribution in [1.82, 2.24) is 9.97 Å². The summed E-state index contributed by atoms with van der Waals surface area (Å²) >= 11 is 0. The Kier molecular flexibility index (Phi) is 4.20. The Morgan fingerprint density at radius 3 is 2.48 bits per heavy atom. The number of rotatable bonds is 4. The molecule has 1 aromatic carbocycles. The van der Waals surface area contributed by atoms with Gasteiger partial charge < -0.3 is 14.3 Å². The molecule has 6 heteroatoms. The molecule has 0 atom stereocenters. The van der Waals surface area contributed by atoms with Crippen molar-refractivity contribution in [2.75, 3.05) is 0 Å². The van der Waals surface area contributed by atoms with Crippen LogP contribution in [0.3, 0.4) is 0 Å². The van der Waals surface area contributed by atoms with Crippen molar-refractivity contribution in [3.63, 3.8) is 0 Å². The van der Waals surface area contributed by atoms with E-state index in [1.807, 2.05) is 70.2 Å². The van der Waals surface area contributed by atoms with Gasteiger partial charge in [0.2, 0.25) is 0 Å². The summed E-state index contributed by atoms with van der Waals surface area (Å²) in [6.07, 6.45) is 1.97. The van der Waals surface area contributed by atoms with Crippen LogP contribution in [-0.2, 0) is 15.7 Å². The molecule has 1 saturated heterocycles. The fraction of sp³-hybridized carbons (Fsp3) is 0.333. The zero-order chi connectivity index (χ0) is 19.2. The molecule has 0 bridgehead atoms. The SMILES string of the molecule is CC1(C)OB(c2ccc3cc(C(=O)Cc4ccccn4)[nH]c3c2)OC1(C)C. The Morgan fingerprint density at radius 2 is 1.81 bits per heavy atom. The molecule has 1 aliphatic rings. The first kappa shape index (κ1) is 18.0. The van der Waals surface area contributed by atoms with Crippen molar-refractivity contribution in [3.8, 4) is 0 Å². The summed E-state index contributed by atoms with van der Waals surface area (Å²) in [6, 6.07) is 13.4. The maximum absolute atomic E-state index is 12.6. The summed E-state index contributed by atoms with van der Waals surface area (Å²) in [5.41, 5.74) is 2.41. The van der Waals surface area contributed by atoms with Crippen molar-refractivity contribution in [2.24, 2.45) is 0 Å². The first-order chi connectivity index (χ1) is 12.7. The monoisotopic (exact) mass is 362 g/mol. The molecule has 0 radical (unpaired) electrons. The largest absolute Gasteiger partial charge is 0.494 e. The average Bonchev–Trinajstić information content (AvgIpc) is 3.13. The summed E-state index contributed by atoms with van der Waals surface area (Å²) in [7, 11) is -0.421. The highest BCUT2D eigenvalue weighted by atomic mass is 16.7. The van der Waals surface area contributed by atoms with Gasteiger partial charge >= 0.3 is 7.12 Å². The van der Waals surface area contributed by atoms with E-state index in [4.69, 9.17) is 9.31 Å². The number of carbonyl (C=O) groups excluding carboxylic acids is 1. The van der Waals surface area contributed by atoms with Gasteiger partial charge in [0, 0.05) is 22.8 Å². The molecular formula is C21H23BN2O3. The molecule has 0 unspecified atom stereocenters. The van der Waals surface area contributed by atoms with Crippen LogP contribution in [0.25, 0.3) is 10.9 Å². The number of nitrogens with zero attached hydrogens (tertiary/aromatic N) is 1. The van der Waals surface area contributed by atoms with Crippen LogP contribution in [0.5, 0.6) is 0 Å². The summed E-state index contributed by atoms with van der Waals surface area (Å²) in [5, 5.41) is 0.986. The number of fused-ring (bicyclic) bond motifs is 1.